The second-order valence-corrected chi connectivity index (χ2v) is 3.71. The maximum atomic E-state index is 3.83. The Morgan fingerprint density at radius 3 is 1.40 bits per heavy atom. The fourth-order valence-corrected chi connectivity index (χ4v) is 0.723. The molecule has 1 aromatic carbocycles. The van der Waals surface area contributed by atoms with E-state index in [1.165, 1.54) is 5.56 Å². The topological polar surface area (TPSA) is 0 Å². The molecule has 0 bridgehead atoms. The van der Waals surface area contributed by atoms with E-state index in [1.54, 1.807) is 0 Å². The molecule has 0 radical (unpaired) electrons. The summed E-state index contributed by atoms with van der Waals surface area (Å²) < 4.78 is 0. The molecule has 0 atom stereocenters. The van der Waals surface area contributed by atoms with E-state index in [4.69, 9.17) is 0 Å². The quantitative estimate of drug-likeness (QED) is 0.598. The lowest BCUT2D eigenvalue weighted by Crippen LogP contribution is -1.72. The van der Waals surface area contributed by atoms with E-state index in [0.717, 1.165) is 16.7 Å². The van der Waals surface area contributed by atoms with Gasteiger partial charge in [0, 0.05) is 0 Å². The van der Waals surface area contributed by atoms with E-state index >= 15 is 0 Å². The summed E-state index contributed by atoms with van der Waals surface area (Å²) in [6.07, 6.45) is 0. The van der Waals surface area contributed by atoms with E-state index < -0.39 is 0 Å². The van der Waals surface area contributed by atoms with Gasteiger partial charge in [0.1, 0.15) is 0 Å². The molecule has 0 saturated heterocycles. The fourth-order valence-electron chi connectivity index (χ4n) is 0.723. The molecule has 1 rings (SSSR count). The van der Waals surface area contributed by atoms with Gasteiger partial charge in [-0.15, -0.1) is 0 Å². The van der Waals surface area contributed by atoms with E-state index in [1.807, 2.05) is 39.0 Å². The molecule has 0 spiro atoms. The minimum Gasteiger partial charge on any atom is -0.0959 e. The summed E-state index contributed by atoms with van der Waals surface area (Å²) in [5.74, 6) is 0. The first-order valence-corrected chi connectivity index (χ1v) is 4.97. The largest absolute Gasteiger partial charge is 0.0959 e. The molecule has 0 N–H and O–H groups in total. The van der Waals surface area contributed by atoms with E-state index in [-0.39, 0.29) is 0 Å². The van der Waals surface area contributed by atoms with Crippen molar-refractivity contribution in [3.8, 4) is 0 Å². The summed E-state index contributed by atoms with van der Waals surface area (Å²) in [4.78, 5) is 0. The van der Waals surface area contributed by atoms with Crippen molar-refractivity contribution in [1.29, 1.82) is 0 Å². The van der Waals surface area contributed by atoms with Gasteiger partial charge in [-0.2, -0.15) is 0 Å². The standard InChI is InChI=1S/C9H10.C6H10/c1-8(2)9-6-4-3-5-7-9;1-5(2)6(3)4/h3-7H,1H2,2H3;1,3H2,2,4H3. The number of hydrogen-bond donors (Lipinski definition) is 0. The van der Waals surface area contributed by atoms with Crippen LogP contribution < -0.4 is 0 Å². The Morgan fingerprint density at radius 2 is 1.20 bits per heavy atom. The predicted molar refractivity (Wildman–Crippen MR) is 70.8 cm³/mol. The summed E-state index contributed by atoms with van der Waals surface area (Å²) in [5, 5.41) is 0. The first-order chi connectivity index (χ1) is 6.95. The molecule has 1 aromatic rings. The fraction of sp³-hybridized carbons (Fsp3) is 0.200. The van der Waals surface area contributed by atoms with Crippen LogP contribution in [0.1, 0.15) is 26.3 Å². The molecular weight excluding hydrogens is 180 g/mol. The van der Waals surface area contributed by atoms with Crippen molar-refractivity contribution in [3.63, 3.8) is 0 Å². The van der Waals surface area contributed by atoms with Gasteiger partial charge in [0.25, 0.3) is 0 Å². The maximum Gasteiger partial charge on any atom is -0.0233 e. The Morgan fingerprint density at radius 1 is 0.800 bits per heavy atom. The zero-order valence-corrected chi connectivity index (χ0v) is 10.0. The molecule has 0 heterocycles. The minimum absolute atomic E-state index is 1.06. The van der Waals surface area contributed by atoms with Crippen molar-refractivity contribution >= 4 is 5.57 Å². The van der Waals surface area contributed by atoms with Crippen molar-refractivity contribution < 1.29 is 0 Å². The highest BCUT2D eigenvalue weighted by Gasteiger charge is 1.86. The molecule has 0 nitrogen and oxygen atoms in total. The molecule has 0 fully saturated rings. The van der Waals surface area contributed by atoms with Gasteiger partial charge in [-0.1, -0.05) is 66.8 Å². The third-order valence-electron chi connectivity index (χ3n) is 2.00. The highest BCUT2D eigenvalue weighted by Crippen LogP contribution is 2.08. The number of benzene rings is 1. The average molecular weight is 200 g/mol. The minimum atomic E-state index is 1.06. The van der Waals surface area contributed by atoms with Crippen LogP contribution in [0.2, 0.25) is 0 Å². The van der Waals surface area contributed by atoms with Gasteiger partial charge in [0.15, 0.2) is 0 Å². The number of rotatable bonds is 2. The van der Waals surface area contributed by atoms with Crippen LogP contribution in [0.15, 0.2) is 61.2 Å². The van der Waals surface area contributed by atoms with Gasteiger partial charge in [0.2, 0.25) is 0 Å². The molecule has 15 heavy (non-hydrogen) atoms. The van der Waals surface area contributed by atoms with Crippen molar-refractivity contribution in [2.75, 3.05) is 0 Å². The molecule has 0 aliphatic rings. The van der Waals surface area contributed by atoms with E-state index in [9.17, 15) is 0 Å². The van der Waals surface area contributed by atoms with Crippen LogP contribution in [-0.4, -0.2) is 0 Å². The number of allylic oxidation sites excluding steroid dienone is 3. The van der Waals surface area contributed by atoms with Gasteiger partial charge >= 0.3 is 0 Å². The lowest BCUT2D eigenvalue weighted by Gasteiger charge is -1.94. The van der Waals surface area contributed by atoms with Gasteiger partial charge in [-0.25, -0.2) is 0 Å². The monoisotopic (exact) mass is 200 g/mol. The van der Waals surface area contributed by atoms with Gasteiger partial charge < -0.3 is 0 Å². The Balaban J connectivity index is 0.000000288. The Kier molecular flexibility index (Phi) is 6.12. The zero-order valence-electron chi connectivity index (χ0n) is 10.0. The third-order valence-corrected chi connectivity index (χ3v) is 2.00. The van der Waals surface area contributed by atoms with Crippen molar-refractivity contribution in [2.24, 2.45) is 0 Å². The molecule has 0 amide bonds. The average Bonchev–Trinajstić information content (AvgIpc) is 2.20. The molecule has 0 aromatic heterocycles. The molecule has 0 saturated carbocycles. The number of hydrogen-bond acceptors (Lipinski definition) is 0. The van der Waals surface area contributed by atoms with Gasteiger partial charge in [-0.05, 0) is 26.3 Å². The van der Waals surface area contributed by atoms with Crippen molar-refractivity contribution in [3.05, 3.63) is 66.8 Å². The highest BCUT2D eigenvalue weighted by atomic mass is 13.9. The molecular formula is C15H20. The van der Waals surface area contributed by atoms with Crippen molar-refractivity contribution in [1.82, 2.24) is 0 Å². The van der Waals surface area contributed by atoms with E-state index in [0.29, 0.717) is 0 Å². The van der Waals surface area contributed by atoms with E-state index in [2.05, 4.69) is 31.9 Å². The summed E-state index contributed by atoms with van der Waals surface area (Å²) in [6.45, 7) is 17.0. The van der Waals surface area contributed by atoms with Crippen LogP contribution in [0.3, 0.4) is 0 Å². The van der Waals surface area contributed by atoms with Crippen molar-refractivity contribution in [2.45, 2.75) is 20.8 Å². The van der Waals surface area contributed by atoms with Crippen LogP contribution >= 0.6 is 0 Å². The summed E-state index contributed by atoms with van der Waals surface area (Å²) in [5.41, 5.74) is 4.47. The molecule has 0 unspecified atom stereocenters. The summed E-state index contributed by atoms with van der Waals surface area (Å²) in [6, 6.07) is 10.2. The van der Waals surface area contributed by atoms with Crippen LogP contribution in [0, 0.1) is 0 Å². The molecule has 0 aliphatic heterocycles. The first-order valence-electron chi connectivity index (χ1n) is 4.97. The zero-order chi connectivity index (χ0) is 11.8. The molecule has 0 heteroatoms. The molecule has 80 valence electrons. The Hall–Kier alpha value is -1.56. The summed E-state index contributed by atoms with van der Waals surface area (Å²) >= 11 is 0. The highest BCUT2D eigenvalue weighted by molar-refractivity contribution is 5.60. The summed E-state index contributed by atoms with van der Waals surface area (Å²) in [7, 11) is 0. The normalized spacial score (nSPS) is 8.47. The van der Waals surface area contributed by atoms with Crippen LogP contribution in [-0.2, 0) is 0 Å². The maximum absolute atomic E-state index is 3.83. The van der Waals surface area contributed by atoms with Gasteiger partial charge in [0.05, 0.1) is 0 Å². The lowest BCUT2D eigenvalue weighted by molar-refractivity contribution is 1.39. The SMILES string of the molecule is C=C(C)C(=C)C.C=C(C)c1ccccc1. The predicted octanol–water partition coefficient (Wildman–Crippen LogP) is 4.86. The van der Waals surface area contributed by atoms with Gasteiger partial charge in [-0.3, -0.25) is 0 Å². The smallest absolute Gasteiger partial charge is 0.0233 e. The lowest BCUT2D eigenvalue weighted by atomic mass is 10.1. The molecule has 0 aliphatic carbocycles. The van der Waals surface area contributed by atoms with Crippen LogP contribution in [0.5, 0.6) is 0 Å². The Labute approximate surface area is 93.7 Å². The van der Waals surface area contributed by atoms with Crippen LogP contribution in [0.4, 0.5) is 0 Å². The Bertz CT molecular complexity index is 330. The first kappa shape index (κ1) is 13.4. The second kappa shape index (κ2) is 6.83. The van der Waals surface area contributed by atoms with Crippen LogP contribution in [0.25, 0.3) is 5.57 Å². The third kappa shape index (κ3) is 6.50. The second-order valence-electron chi connectivity index (χ2n) is 3.71.